The fourth-order valence-electron chi connectivity index (χ4n) is 2.89. The van der Waals surface area contributed by atoms with Crippen molar-refractivity contribution in [3.05, 3.63) is 29.3 Å². The molecule has 0 amide bonds. The first kappa shape index (κ1) is 14.7. The van der Waals surface area contributed by atoms with E-state index in [1.165, 1.54) is 0 Å². The summed E-state index contributed by atoms with van der Waals surface area (Å²) in [6.07, 6.45) is 1.12. The highest BCUT2D eigenvalue weighted by atomic mass is 16.4. The van der Waals surface area contributed by atoms with E-state index in [-0.39, 0.29) is 5.84 Å². The zero-order valence-corrected chi connectivity index (χ0v) is 12.5. The van der Waals surface area contributed by atoms with E-state index >= 15 is 0 Å². The van der Waals surface area contributed by atoms with Gasteiger partial charge >= 0.3 is 0 Å². The number of nitrogens with two attached hydrogens (primary N) is 1. The maximum Gasteiger partial charge on any atom is 0.172 e. The molecule has 1 atom stereocenters. The first-order chi connectivity index (χ1) is 9.52. The van der Waals surface area contributed by atoms with Gasteiger partial charge in [0.2, 0.25) is 0 Å². The minimum Gasteiger partial charge on any atom is -0.409 e. The Labute approximate surface area is 120 Å². The molecule has 1 saturated heterocycles. The molecule has 110 valence electrons. The van der Waals surface area contributed by atoms with Crippen molar-refractivity contribution in [1.29, 1.82) is 0 Å². The number of aryl methyl sites for hydroxylation is 1. The highest BCUT2D eigenvalue weighted by Crippen LogP contribution is 2.25. The molecule has 1 fully saturated rings. The lowest BCUT2D eigenvalue weighted by Gasteiger charge is -2.31. The van der Waals surface area contributed by atoms with Crippen LogP contribution in [0, 0.1) is 6.92 Å². The predicted molar refractivity (Wildman–Crippen MR) is 82.6 cm³/mol. The topological polar surface area (TPSA) is 65.1 Å². The van der Waals surface area contributed by atoms with Crippen molar-refractivity contribution in [1.82, 2.24) is 4.90 Å². The highest BCUT2D eigenvalue weighted by molar-refractivity contribution is 6.02. The smallest absolute Gasteiger partial charge is 0.172 e. The maximum atomic E-state index is 9.00. The molecule has 1 aliphatic heterocycles. The van der Waals surface area contributed by atoms with Crippen LogP contribution in [0.5, 0.6) is 0 Å². The number of hydrogen-bond acceptors (Lipinski definition) is 4. The van der Waals surface area contributed by atoms with Gasteiger partial charge < -0.3 is 20.7 Å². The van der Waals surface area contributed by atoms with Crippen LogP contribution < -0.4 is 10.6 Å². The average Bonchev–Trinajstić information content (AvgIpc) is 2.58. The van der Waals surface area contributed by atoms with E-state index in [1.807, 2.05) is 13.0 Å². The van der Waals surface area contributed by atoms with Crippen LogP contribution in [0.3, 0.4) is 0 Å². The molecule has 2 rings (SSSR count). The number of hydrogen-bond donors (Lipinski definition) is 2. The Morgan fingerprint density at radius 1 is 1.40 bits per heavy atom. The number of benzene rings is 1. The Kier molecular flexibility index (Phi) is 4.49. The van der Waals surface area contributed by atoms with Crippen LogP contribution in [-0.2, 0) is 0 Å². The van der Waals surface area contributed by atoms with Crippen molar-refractivity contribution in [2.75, 3.05) is 31.6 Å². The number of oxime groups is 1. The summed E-state index contributed by atoms with van der Waals surface area (Å²) in [7, 11) is 2.15. The van der Waals surface area contributed by atoms with E-state index in [2.05, 4.69) is 41.1 Å². The van der Waals surface area contributed by atoms with Gasteiger partial charge in [-0.05, 0) is 46.0 Å². The predicted octanol–water partition coefficient (Wildman–Crippen LogP) is 1.62. The molecule has 0 aromatic heterocycles. The van der Waals surface area contributed by atoms with Crippen LogP contribution in [0.2, 0.25) is 0 Å². The molecule has 0 bridgehead atoms. The van der Waals surface area contributed by atoms with E-state index in [1.54, 1.807) is 0 Å². The molecule has 1 aromatic rings. The van der Waals surface area contributed by atoms with Crippen molar-refractivity contribution in [3.8, 4) is 0 Å². The van der Waals surface area contributed by atoms with Crippen LogP contribution >= 0.6 is 0 Å². The monoisotopic (exact) mass is 276 g/mol. The van der Waals surface area contributed by atoms with Gasteiger partial charge in [-0.3, -0.25) is 0 Å². The zero-order chi connectivity index (χ0) is 14.7. The summed E-state index contributed by atoms with van der Waals surface area (Å²) in [6.45, 7) is 7.34. The van der Waals surface area contributed by atoms with Gasteiger partial charge in [-0.25, -0.2) is 0 Å². The molecule has 5 nitrogen and oxygen atoms in total. The standard InChI is InChI=1S/C15H24N4O/c1-11-5-6-14(13(9-11)15(16)17-20)19-8-4-7-18(3)10-12(19)2/h5-6,9,12,20H,4,7-8,10H2,1-3H3,(H2,16,17). The van der Waals surface area contributed by atoms with Crippen LogP contribution in [0.15, 0.2) is 23.4 Å². The fourth-order valence-corrected chi connectivity index (χ4v) is 2.89. The Bertz CT molecular complexity index is 501. The van der Waals surface area contributed by atoms with Crippen molar-refractivity contribution in [3.63, 3.8) is 0 Å². The summed E-state index contributed by atoms with van der Waals surface area (Å²) in [5.74, 6) is 0.175. The molecule has 0 saturated carbocycles. The molecule has 20 heavy (non-hydrogen) atoms. The molecule has 1 unspecified atom stereocenters. The first-order valence-electron chi connectivity index (χ1n) is 7.06. The number of nitrogens with zero attached hydrogens (tertiary/aromatic N) is 3. The molecule has 1 aliphatic rings. The maximum absolute atomic E-state index is 9.00. The Morgan fingerprint density at radius 2 is 2.15 bits per heavy atom. The largest absolute Gasteiger partial charge is 0.409 e. The van der Waals surface area contributed by atoms with Gasteiger partial charge in [0.05, 0.1) is 0 Å². The minimum absolute atomic E-state index is 0.175. The van der Waals surface area contributed by atoms with E-state index in [9.17, 15) is 0 Å². The average molecular weight is 276 g/mol. The summed E-state index contributed by atoms with van der Waals surface area (Å²) in [6, 6.07) is 6.52. The van der Waals surface area contributed by atoms with Crippen molar-refractivity contribution < 1.29 is 5.21 Å². The molecular formula is C15H24N4O. The quantitative estimate of drug-likeness (QED) is 0.373. The van der Waals surface area contributed by atoms with Crippen LogP contribution in [-0.4, -0.2) is 48.7 Å². The Balaban J connectivity index is 2.40. The van der Waals surface area contributed by atoms with Gasteiger partial charge in [0.1, 0.15) is 0 Å². The summed E-state index contributed by atoms with van der Waals surface area (Å²) >= 11 is 0. The Hall–Kier alpha value is -1.75. The molecule has 3 N–H and O–H groups in total. The van der Waals surface area contributed by atoms with Gasteiger partial charge in [-0.1, -0.05) is 16.8 Å². The molecule has 0 spiro atoms. The van der Waals surface area contributed by atoms with Crippen LogP contribution in [0.25, 0.3) is 0 Å². The summed E-state index contributed by atoms with van der Waals surface area (Å²) < 4.78 is 0. The van der Waals surface area contributed by atoms with Gasteiger partial charge in [-0.15, -0.1) is 0 Å². The molecular weight excluding hydrogens is 252 g/mol. The number of likely N-dealkylation sites (N-methyl/N-ethyl adjacent to an activating group) is 1. The minimum atomic E-state index is 0.175. The van der Waals surface area contributed by atoms with Crippen molar-refractivity contribution >= 4 is 11.5 Å². The number of rotatable bonds is 2. The second kappa shape index (κ2) is 6.13. The van der Waals surface area contributed by atoms with E-state index < -0.39 is 0 Å². The van der Waals surface area contributed by atoms with Crippen molar-refractivity contribution in [2.24, 2.45) is 10.9 Å². The lowest BCUT2D eigenvalue weighted by molar-refractivity contribution is 0.318. The molecule has 5 heteroatoms. The molecule has 1 aromatic carbocycles. The van der Waals surface area contributed by atoms with Gasteiger partial charge in [0.25, 0.3) is 0 Å². The van der Waals surface area contributed by atoms with Crippen LogP contribution in [0.1, 0.15) is 24.5 Å². The lowest BCUT2D eigenvalue weighted by Crippen LogP contribution is -2.39. The molecule has 1 heterocycles. The summed E-state index contributed by atoms with van der Waals surface area (Å²) in [5.41, 5.74) is 8.81. The Morgan fingerprint density at radius 3 is 2.85 bits per heavy atom. The fraction of sp³-hybridized carbons (Fsp3) is 0.533. The van der Waals surface area contributed by atoms with Crippen LogP contribution in [0.4, 0.5) is 5.69 Å². The van der Waals surface area contributed by atoms with E-state index in [0.29, 0.717) is 6.04 Å². The van der Waals surface area contributed by atoms with Gasteiger partial charge in [-0.2, -0.15) is 0 Å². The first-order valence-corrected chi connectivity index (χ1v) is 7.06. The number of amidine groups is 1. The van der Waals surface area contributed by atoms with Gasteiger partial charge in [0, 0.05) is 30.4 Å². The lowest BCUT2D eigenvalue weighted by atomic mass is 10.1. The molecule has 0 aliphatic carbocycles. The van der Waals surface area contributed by atoms with E-state index in [4.69, 9.17) is 10.9 Å². The number of anilines is 1. The third-order valence-electron chi connectivity index (χ3n) is 3.89. The van der Waals surface area contributed by atoms with E-state index in [0.717, 1.165) is 42.9 Å². The van der Waals surface area contributed by atoms with Crippen molar-refractivity contribution in [2.45, 2.75) is 26.3 Å². The highest BCUT2D eigenvalue weighted by Gasteiger charge is 2.22. The third-order valence-corrected chi connectivity index (χ3v) is 3.89. The second-order valence-electron chi connectivity index (χ2n) is 5.66. The third kappa shape index (κ3) is 3.04. The SMILES string of the molecule is Cc1ccc(N2CCCN(C)CC2C)c(/C(N)=N/O)c1. The zero-order valence-electron chi connectivity index (χ0n) is 12.5. The second-order valence-corrected chi connectivity index (χ2v) is 5.66. The summed E-state index contributed by atoms with van der Waals surface area (Å²) in [4.78, 5) is 4.71. The normalized spacial score (nSPS) is 21.9. The molecule has 0 radical (unpaired) electrons. The van der Waals surface area contributed by atoms with Gasteiger partial charge in [0.15, 0.2) is 5.84 Å². The summed E-state index contributed by atoms with van der Waals surface area (Å²) in [5, 5.41) is 12.2.